The molecule has 9 heteroatoms. The summed E-state index contributed by atoms with van der Waals surface area (Å²) in [7, 11) is 1.67. The molecule has 3 aliphatic rings. The number of sulfonamides is 1. The molecule has 0 N–H and O–H groups in total. The van der Waals surface area contributed by atoms with Crippen molar-refractivity contribution in [3.63, 3.8) is 0 Å². The Kier molecular flexibility index (Phi) is 9.77. The molecule has 1 unspecified atom stereocenters. The highest BCUT2D eigenvalue weighted by molar-refractivity contribution is 7.89. The third-order valence-electron chi connectivity index (χ3n) is 9.25. The van der Waals surface area contributed by atoms with Crippen molar-refractivity contribution in [2.75, 3.05) is 67.0 Å². The average Bonchev–Trinajstić information content (AvgIpc) is 2.91. The van der Waals surface area contributed by atoms with Crippen molar-refractivity contribution in [1.82, 2.24) is 19.0 Å². The van der Waals surface area contributed by atoms with Crippen LogP contribution in [0.3, 0.4) is 0 Å². The fourth-order valence-corrected chi connectivity index (χ4v) is 8.43. The molecule has 214 valence electrons. The van der Waals surface area contributed by atoms with Gasteiger partial charge >= 0.3 is 0 Å². The van der Waals surface area contributed by atoms with Crippen LogP contribution in [0.2, 0.25) is 0 Å². The monoisotopic (exact) mass is 548 g/mol. The first-order valence-electron chi connectivity index (χ1n) is 14.4. The second-order valence-corrected chi connectivity index (χ2v) is 13.8. The second-order valence-electron chi connectivity index (χ2n) is 11.8. The maximum absolute atomic E-state index is 13.3. The van der Waals surface area contributed by atoms with E-state index in [2.05, 4.69) is 16.8 Å². The minimum absolute atomic E-state index is 0.0566. The van der Waals surface area contributed by atoms with Gasteiger partial charge in [-0.3, -0.25) is 9.69 Å². The molecular weight excluding hydrogens is 500 g/mol. The fraction of sp³-hybridized carbons (Fsp3) is 0.759. The normalized spacial score (nSPS) is 23.2. The quantitative estimate of drug-likeness (QED) is 0.496. The Labute approximate surface area is 230 Å². The van der Waals surface area contributed by atoms with Crippen LogP contribution in [-0.4, -0.2) is 106 Å². The van der Waals surface area contributed by atoms with Gasteiger partial charge in [-0.25, -0.2) is 12.7 Å². The van der Waals surface area contributed by atoms with E-state index in [4.69, 9.17) is 4.74 Å². The highest BCUT2D eigenvalue weighted by Gasteiger charge is 2.34. The number of likely N-dealkylation sites (tertiary alicyclic amines) is 3. The number of nitrogens with zero attached hydrogens (tertiary/aromatic N) is 4. The lowest BCUT2D eigenvalue weighted by atomic mass is 9.78. The van der Waals surface area contributed by atoms with Gasteiger partial charge in [0.25, 0.3) is 0 Å². The third-order valence-corrected chi connectivity index (χ3v) is 11.4. The molecule has 3 heterocycles. The molecule has 0 saturated carbocycles. The number of benzene rings is 1. The summed E-state index contributed by atoms with van der Waals surface area (Å²) in [5.41, 5.74) is 1.30. The molecular formula is C29H48N4O4S. The van der Waals surface area contributed by atoms with Gasteiger partial charge in [0.05, 0.1) is 12.0 Å². The van der Waals surface area contributed by atoms with Gasteiger partial charge < -0.3 is 14.5 Å². The molecule has 0 aromatic heterocycles. The van der Waals surface area contributed by atoms with Gasteiger partial charge in [0, 0.05) is 39.1 Å². The summed E-state index contributed by atoms with van der Waals surface area (Å²) in [5.74, 6) is 2.44. The van der Waals surface area contributed by atoms with E-state index in [9.17, 15) is 13.2 Å². The number of carbonyl (C=O) groups is 1. The van der Waals surface area contributed by atoms with Crippen molar-refractivity contribution in [3.8, 4) is 5.75 Å². The molecule has 0 radical (unpaired) electrons. The Bertz CT molecular complexity index is 1040. The number of hydrogen-bond donors (Lipinski definition) is 0. The Morgan fingerprint density at radius 1 is 0.974 bits per heavy atom. The summed E-state index contributed by atoms with van der Waals surface area (Å²) in [6, 6.07) is 3.91. The van der Waals surface area contributed by atoms with Crippen molar-refractivity contribution < 1.29 is 17.9 Å². The lowest BCUT2D eigenvalue weighted by Crippen LogP contribution is -2.52. The number of piperidine rings is 3. The van der Waals surface area contributed by atoms with Crippen molar-refractivity contribution in [2.45, 2.75) is 69.7 Å². The van der Waals surface area contributed by atoms with Crippen molar-refractivity contribution in [3.05, 3.63) is 23.3 Å². The fourth-order valence-electron chi connectivity index (χ4n) is 6.86. The summed E-state index contributed by atoms with van der Waals surface area (Å²) in [4.78, 5) is 20.5. The van der Waals surface area contributed by atoms with E-state index in [0.29, 0.717) is 27.8 Å². The molecule has 1 aromatic carbocycles. The van der Waals surface area contributed by atoms with Crippen LogP contribution >= 0.6 is 0 Å². The maximum Gasteiger partial charge on any atom is 0.243 e. The van der Waals surface area contributed by atoms with Crippen molar-refractivity contribution >= 4 is 15.9 Å². The number of hydrogen-bond acceptors (Lipinski definition) is 6. The van der Waals surface area contributed by atoms with Crippen LogP contribution in [-0.2, 0) is 14.8 Å². The molecule has 0 spiro atoms. The highest BCUT2D eigenvalue weighted by Crippen LogP contribution is 2.34. The van der Waals surface area contributed by atoms with Gasteiger partial charge in [-0.2, -0.15) is 0 Å². The van der Waals surface area contributed by atoms with E-state index in [1.54, 1.807) is 40.1 Å². The standard InChI is InChI=1S/C29H48N4O4S/c1-22-19-27(37-5)20-23(2)29(22)38(35,36)31(4)16-12-28(34)33-13-6-7-26(21-33)32-17-10-25(11-18-32)24-8-14-30(3)15-9-24/h19-20,24-26H,6-18,21H2,1-5H3. The molecule has 1 atom stereocenters. The van der Waals surface area contributed by atoms with E-state index >= 15 is 0 Å². The SMILES string of the molecule is COc1cc(C)c(S(=O)(=O)N(C)CCC(=O)N2CCCC(N3CCC(C4CCN(C)CC4)CC3)C2)c(C)c1. The smallest absolute Gasteiger partial charge is 0.243 e. The highest BCUT2D eigenvalue weighted by atomic mass is 32.2. The summed E-state index contributed by atoms with van der Waals surface area (Å²) >= 11 is 0. The predicted molar refractivity (Wildman–Crippen MR) is 151 cm³/mol. The van der Waals surface area contributed by atoms with E-state index in [-0.39, 0.29) is 18.9 Å². The zero-order chi connectivity index (χ0) is 27.4. The Balaban J connectivity index is 1.27. The van der Waals surface area contributed by atoms with Crippen LogP contribution < -0.4 is 4.74 Å². The first kappa shape index (κ1) is 29.3. The zero-order valence-corrected chi connectivity index (χ0v) is 24.9. The summed E-state index contributed by atoms with van der Waals surface area (Å²) in [6.45, 7) is 10.0. The molecule has 0 aliphatic carbocycles. The molecule has 1 aromatic rings. The second kappa shape index (κ2) is 12.7. The number of rotatable bonds is 8. The molecule has 4 rings (SSSR count). The number of carbonyl (C=O) groups excluding carboxylic acids is 1. The molecule has 8 nitrogen and oxygen atoms in total. The van der Waals surface area contributed by atoms with Crippen LogP contribution in [0.5, 0.6) is 5.75 Å². The lowest BCUT2D eigenvalue weighted by Gasteiger charge is -2.44. The first-order chi connectivity index (χ1) is 18.1. The topological polar surface area (TPSA) is 73.4 Å². The van der Waals surface area contributed by atoms with E-state index in [1.165, 1.54) is 43.1 Å². The van der Waals surface area contributed by atoms with Crippen LogP contribution in [0.15, 0.2) is 17.0 Å². The number of aryl methyl sites for hydroxylation is 2. The van der Waals surface area contributed by atoms with Gasteiger partial charge in [0.2, 0.25) is 15.9 Å². The zero-order valence-electron chi connectivity index (χ0n) is 24.1. The van der Waals surface area contributed by atoms with Gasteiger partial charge in [0.15, 0.2) is 0 Å². The van der Waals surface area contributed by atoms with Crippen LogP contribution in [0.1, 0.15) is 56.1 Å². The minimum atomic E-state index is -3.70. The number of ether oxygens (including phenoxy) is 1. The van der Waals surface area contributed by atoms with Crippen LogP contribution in [0, 0.1) is 25.7 Å². The Morgan fingerprint density at radius 3 is 2.13 bits per heavy atom. The first-order valence-corrected chi connectivity index (χ1v) is 15.9. The molecule has 38 heavy (non-hydrogen) atoms. The predicted octanol–water partition coefficient (Wildman–Crippen LogP) is 3.37. The minimum Gasteiger partial charge on any atom is -0.497 e. The summed E-state index contributed by atoms with van der Waals surface area (Å²) in [6.07, 6.45) is 7.62. The molecule has 1 amide bonds. The van der Waals surface area contributed by atoms with E-state index in [0.717, 1.165) is 50.9 Å². The number of amides is 1. The molecule has 0 bridgehead atoms. The Hall–Kier alpha value is -1.68. The third kappa shape index (κ3) is 6.72. The maximum atomic E-state index is 13.3. The van der Waals surface area contributed by atoms with Crippen molar-refractivity contribution in [1.29, 1.82) is 0 Å². The van der Waals surface area contributed by atoms with Crippen LogP contribution in [0.4, 0.5) is 0 Å². The molecule has 3 saturated heterocycles. The summed E-state index contributed by atoms with van der Waals surface area (Å²) < 4.78 is 33.3. The number of methoxy groups -OCH3 is 1. The van der Waals surface area contributed by atoms with E-state index in [1.807, 2.05) is 4.90 Å². The average molecular weight is 549 g/mol. The molecule has 3 fully saturated rings. The Morgan fingerprint density at radius 2 is 1.55 bits per heavy atom. The van der Waals surface area contributed by atoms with Gasteiger partial charge in [-0.05, 0) is 121 Å². The van der Waals surface area contributed by atoms with Crippen LogP contribution in [0.25, 0.3) is 0 Å². The van der Waals surface area contributed by atoms with Gasteiger partial charge in [0.1, 0.15) is 5.75 Å². The van der Waals surface area contributed by atoms with Gasteiger partial charge in [-0.1, -0.05) is 0 Å². The van der Waals surface area contributed by atoms with Crippen molar-refractivity contribution in [2.24, 2.45) is 11.8 Å². The largest absolute Gasteiger partial charge is 0.497 e. The van der Waals surface area contributed by atoms with Gasteiger partial charge in [-0.15, -0.1) is 0 Å². The van der Waals surface area contributed by atoms with E-state index < -0.39 is 10.0 Å². The summed E-state index contributed by atoms with van der Waals surface area (Å²) in [5, 5.41) is 0. The molecule has 3 aliphatic heterocycles. The lowest BCUT2D eigenvalue weighted by molar-refractivity contribution is -0.133.